The third-order valence-corrected chi connectivity index (χ3v) is 12.3. The summed E-state index contributed by atoms with van der Waals surface area (Å²) in [5.74, 6) is 5.38. The first-order chi connectivity index (χ1) is 27.2. The van der Waals surface area contributed by atoms with Crippen LogP contribution in [0.5, 0.6) is 0 Å². The second-order valence-electron chi connectivity index (χ2n) is 15.5. The molecule has 262 valence electrons. The van der Waals surface area contributed by atoms with E-state index in [0.717, 1.165) is 68.1 Å². The van der Waals surface area contributed by atoms with Crippen molar-refractivity contribution in [1.29, 1.82) is 0 Å². The molecule has 3 aliphatic carbocycles. The molecule has 0 N–H and O–H groups in total. The predicted octanol–water partition coefficient (Wildman–Crippen LogP) is 11.6. The zero-order valence-electron chi connectivity index (χ0n) is 30.3. The van der Waals surface area contributed by atoms with Crippen LogP contribution in [0, 0.1) is 17.8 Å². The standard InChI is InChI=1S/C50H37N5/c1-4-12-32(13-5-1)36-18-10-19-37(26-36)44-29-43(33-22-24-42(25-23-33)50-30-40-28-41(31-50)45(40)50)51-48(52-44)38-20-11-21-39(27-38)49-54-46(34-14-6-2-7-15-34)53-47(55-49)35-16-8-3-9-17-35/h1-27,29,40-41,45H,28,30-31H2. The maximum Gasteiger partial charge on any atom is 0.164 e. The molecule has 0 radical (unpaired) electrons. The highest BCUT2D eigenvalue weighted by molar-refractivity contribution is 5.77. The Labute approximate surface area is 320 Å². The molecule has 0 saturated heterocycles. The van der Waals surface area contributed by atoms with E-state index in [-0.39, 0.29) is 0 Å². The number of hydrogen-bond donors (Lipinski definition) is 0. The Bertz CT molecular complexity index is 2620. The first-order valence-corrected chi connectivity index (χ1v) is 19.3. The van der Waals surface area contributed by atoms with Crippen LogP contribution in [0.15, 0.2) is 170 Å². The summed E-state index contributed by atoms with van der Waals surface area (Å²) in [6.45, 7) is 0. The Morgan fingerprint density at radius 3 is 1.33 bits per heavy atom. The molecule has 3 fully saturated rings. The van der Waals surface area contributed by atoms with E-state index in [2.05, 4.69) is 97.1 Å². The monoisotopic (exact) mass is 707 g/mol. The zero-order valence-corrected chi connectivity index (χ0v) is 30.3. The van der Waals surface area contributed by atoms with Crippen molar-refractivity contribution in [3.63, 3.8) is 0 Å². The number of aromatic nitrogens is 5. The van der Waals surface area contributed by atoms with Crippen molar-refractivity contribution < 1.29 is 0 Å². The summed E-state index contributed by atoms with van der Waals surface area (Å²) < 4.78 is 0. The van der Waals surface area contributed by atoms with E-state index in [1.54, 1.807) is 0 Å². The van der Waals surface area contributed by atoms with Gasteiger partial charge in [0.05, 0.1) is 11.4 Å². The molecule has 0 amide bonds. The average Bonchev–Trinajstić information content (AvgIpc) is 3.27. The summed E-state index contributed by atoms with van der Waals surface area (Å²) in [6.07, 6.45) is 4.19. The SMILES string of the molecule is c1ccc(-c2cccc(-c3cc(-c4ccc(C56CC7CC(C5)C76)cc4)nc(-c4cccc(-c5nc(-c6ccccc6)nc(-c6ccccc6)n5)c4)n3)c2)cc1. The summed E-state index contributed by atoms with van der Waals surface area (Å²) in [6, 6.07) is 59.0. The highest BCUT2D eigenvalue weighted by atomic mass is 15.0. The van der Waals surface area contributed by atoms with Gasteiger partial charge in [0, 0.05) is 33.4 Å². The lowest BCUT2D eigenvalue weighted by Gasteiger charge is -2.76. The Morgan fingerprint density at radius 2 is 0.782 bits per heavy atom. The molecule has 2 heterocycles. The van der Waals surface area contributed by atoms with E-state index in [1.807, 2.05) is 72.8 Å². The van der Waals surface area contributed by atoms with Crippen LogP contribution in [0.25, 0.3) is 79.2 Å². The lowest BCUT2D eigenvalue weighted by atomic mass is 9.28. The Balaban J connectivity index is 1.02. The second kappa shape index (κ2) is 12.8. The largest absolute Gasteiger partial charge is 0.228 e. The Hall–Kier alpha value is -6.59. The van der Waals surface area contributed by atoms with Crippen LogP contribution in [-0.4, -0.2) is 24.9 Å². The van der Waals surface area contributed by atoms with Gasteiger partial charge in [-0.15, -0.1) is 0 Å². The van der Waals surface area contributed by atoms with Crippen LogP contribution in [0.1, 0.15) is 24.8 Å². The van der Waals surface area contributed by atoms with Crippen molar-refractivity contribution in [2.24, 2.45) is 17.8 Å². The van der Waals surface area contributed by atoms with Crippen LogP contribution in [0.3, 0.4) is 0 Å². The molecule has 5 nitrogen and oxygen atoms in total. The van der Waals surface area contributed by atoms with E-state index in [9.17, 15) is 0 Å². The molecule has 5 heteroatoms. The third-order valence-electron chi connectivity index (χ3n) is 12.3. The van der Waals surface area contributed by atoms with Gasteiger partial charge >= 0.3 is 0 Å². The summed E-state index contributed by atoms with van der Waals surface area (Å²) in [7, 11) is 0. The van der Waals surface area contributed by atoms with Gasteiger partial charge in [0.2, 0.25) is 0 Å². The van der Waals surface area contributed by atoms with Gasteiger partial charge in [-0.25, -0.2) is 24.9 Å². The average molecular weight is 708 g/mol. The van der Waals surface area contributed by atoms with Gasteiger partial charge < -0.3 is 0 Å². The van der Waals surface area contributed by atoms with Crippen LogP contribution >= 0.6 is 0 Å². The van der Waals surface area contributed by atoms with Gasteiger partial charge in [0.15, 0.2) is 23.3 Å². The van der Waals surface area contributed by atoms with Crippen molar-refractivity contribution in [1.82, 2.24) is 24.9 Å². The topological polar surface area (TPSA) is 64.5 Å². The lowest BCUT2D eigenvalue weighted by molar-refractivity contribution is -0.219. The number of rotatable bonds is 8. The third kappa shape index (κ3) is 5.49. The number of benzene rings is 6. The van der Waals surface area contributed by atoms with Crippen molar-refractivity contribution in [3.8, 4) is 79.2 Å². The van der Waals surface area contributed by atoms with Gasteiger partial charge in [-0.05, 0) is 77.3 Å². The van der Waals surface area contributed by atoms with Crippen molar-refractivity contribution in [2.75, 3.05) is 0 Å². The molecule has 0 aliphatic heterocycles. The van der Waals surface area contributed by atoms with E-state index < -0.39 is 0 Å². The van der Waals surface area contributed by atoms with Crippen molar-refractivity contribution in [3.05, 3.63) is 175 Å². The molecule has 3 saturated carbocycles. The summed E-state index contributed by atoms with van der Waals surface area (Å²) in [4.78, 5) is 25.4. The molecule has 3 aliphatic rings. The lowest BCUT2D eigenvalue weighted by Crippen LogP contribution is -2.71. The predicted molar refractivity (Wildman–Crippen MR) is 219 cm³/mol. The molecule has 2 aromatic heterocycles. The fourth-order valence-corrected chi connectivity index (χ4v) is 9.66. The molecular formula is C50H37N5. The maximum atomic E-state index is 5.25. The van der Waals surface area contributed by atoms with Crippen molar-refractivity contribution in [2.45, 2.75) is 24.7 Å². The molecule has 2 atom stereocenters. The first-order valence-electron chi connectivity index (χ1n) is 19.3. The quantitative estimate of drug-likeness (QED) is 0.157. The molecule has 0 spiro atoms. The van der Waals surface area contributed by atoms with Crippen LogP contribution in [-0.2, 0) is 5.41 Å². The second-order valence-corrected chi connectivity index (χ2v) is 15.5. The zero-order chi connectivity index (χ0) is 36.3. The number of hydrogen-bond acceptors (Lipinski definition) is 5. The van der Waals surface area contributed by atoms with Crippen LogP contribution < -0.4 is 0 Å². The summed E-state index contributed by atoms with van der Waals surface area (Å²) in [5, 5.41) is 0. The normalized spacial score (nSPS) is 20.4. The first kappa shape index (κ1) is 31.9. The smallest absolute Gasteiger partial charge is 0.164 e. The number of nitrogens with zero attached hydrogens (tertiary/aromatic N) is 5. The van der Waals surface area contributed by atoms with Gasteiger partial charge in [-0.2, -0.15) is 0 Å². The molecule has 6 aromatic carbocycles. The minimum atomic E-state index is 0.433. The highest BCUT2D eigenvalue weighted by Gasteiger charge is 2.71. The fraction of sp³-hybridized carbons (Fsp3) is 0.140. The van der Waals surface area contributed by atoms with E-state index in [4.69, 9.17) is 24.9 Å². The van der Waals surface area contributed by atoms with Gasteiger partial charge in [0.25, 0.3) is 0 Å². The highest BCUT2D eigenvalue weighted by Crippen LogP contribution is 2.77. The maximum absolute atomic E-state index is 5.25. The van der Waals surface area contributed by atoms with Gasteiger partial charge in [-0.1, -0.05) is 152 Å². The Kier molecular flexibility index (Phi) is 7.41. The molecule has 2 unspecified atom stereocenters. The van der Waals surface area contributed by atoms with Crippen LogP contribution in [0.2, 0.25) is 0 Å². The van der Waals surface area contributed by atoms with E-state index in [1.165, 1.54) is 30.4 Å². The minimum Gasteiger partial charge on any atom is -0.228 e. The van der Waals surface area contributed by atoms with E-state index in [0.29, 0.717) is 28.7 Å². The van der Waals surface area contributed by atoms with Gasteiger partial charge in [-0.3, -0.25) is 0 Å². The van der Waals surface area contributed by atoms with Crippen molar-refractivity contribution >= 4 is 0 Å². The van der Waals surface area contributed by atoms with Crippen LogP contribution in [0.4, 0.5) is 0 Å². The Morgan fingerprint density at radius 1 is 0.345 bits per heavy atom. The summed E-state index contributed by atoms with van der Waals surface area (Å²) in [5.41, 5.74) is 11.8. The van der Waals surface area contributed by atoms with E-state index >= 15 is 0 Å². The minimum absolute atomic E-state index is 0.433. The molecule has 0 bridgehead atoms. The molecule has 8 aromatic rings. The summed E-state index contributed by atoms with van der Waals surface area (Å²) >= 11 is 0. The molecular weight excluding hydrogens is 671 g/mol. The molecule has 11 rings (SSSR count). The molecule has 55 heavy (non-hydrogen) atoms. The fourth-order valence-electron chi connectivity index (χ4n) is 9.66. The van der Waals surface area contributed by atoms with Gasteiger partial charge in [0.1, 0.15) is 0 Å².